The molecule has 0 N–H and O–H groups in total. The summed E-state index contributed by atoms with van der Waals surface area (Å²) >= 11 is 6.09. The van der Waals surface area contributed by atoms with Gasteiger partial charge in [-0.1, -0.05) is 23.7 Å². The van der Waals surface area contributed by atoms with Crippen LogP contribution < -0.4 is 9.64 Å². The number of methoxy groups -OCH3 is 1. The number of hydrogen-bond acceptors (Lipinski definition) is 4. The minimum Gasteiger partial charge on any atom is -0.496 e. The highest BCUT2D eigenvalue weighted by atomic mass is 35.5. The predicted molar refractivity (Wildman–Crippen MR) is 136 cm³/mol. The Kier molecular flexibility index (Phi) is 7.99. The van der Waals surface area contributed by atoms with Gasteiger partial charge in [0.25, 0.3) is 5.91 Å². The monoisotopic (exact) mass is 483 g/mol. The minimum atomic E-state index is -0.104. The van der Waals surface area contributed by atoms with Gasteiger partial charge in [0.15, 0.2) is 0 Å². The van der Waals surface area contributed by atoms with E-state index in [1.54, 1.807) is 30.2 Å². The molecule has 0 unspecified atom stereocenters. The third kappa shape index (κ3) is 5.66. The van der Waals surface area contributed by atoms with Crippen LogP contribution in [0, 0.1) is 5.92 Å². The number of hydrogen-bond donors (Lipinski definition) is 0. The lowest BCUT2D eigenvalue weighted by Crippen LogP contribution is -2.43. The molecule has 2 fully saturated rings. The number of rotatable bonds is 6. The van der Waals surface area contributed by atoms with Crippen LogP contribution in [-0.2, 0) is 11.3 Å². The molecule has 0 saturated carbocycles. The summed E-state index contributed by atoms with van der Waals surface area (Å²) in [6.45, 7) is 3.94. The van der Waals surface area contributed by atoms with Gasteiger partial charge in [0, 0.05) is 56.4 Å². The molecule has 0 spiro atoms. The molecule has 6 nitrogen and oxygen atoms in total. The van der Waals surface area contributed by atoms with Crippen LogP contribution in [0.15, 0.2) is 42.5 Å². The van der Waals surface area contributed by atoms with Crippen molar-refractivity contribution in [1.82, 2.24) is 9.80 Å². The molecule has 2 aliphatic heterocycles. The zero-order valence-electron chi connectivity index (χ0n) is 20.1. The lowest BCUT2D eigenvalue weighted by molar-refractivity contribution is -0.136. The molecule has 34 heavy (non-hydrogen) atoms. The number of carbonyl (C=O) groups excluding carboxylic acids is 2. The first kappa shape index (κ1) is 24.4. The molecule has 2 aromatic carbocycles. The Morgan fingerprint density at radius 3 is 2.32 bits per heavy atom. The van der Waals surface area contributed by atoms with Gasteiger partial charge in [0.1, 0.15) is 5.75 Å². The van der Waals surface area contributed by atoms with E-state index < -0.39 is 0 Å². The molecule has 2 aliphatic rings. The van der Waals surface area contributed by atoms with Gasteiger partial charge in [-0.3, -0.25) is 9.59 Å². The van der Waals surface area contributed by atoms with Gasteiger partial charge in [-0.05, 0) is 68.0 Å². The van der Waals surface area contributed by atoms with E-state index in [0.717, 1.165) is 18.7 Å². The number of likely N-dealkylation sites (tertiary alicyclic amines) is 1. The topological polar surface area (TPSA) is 53.1 Å². The maximum absolute atomic E-state index is 13.1. The Hall–Kier alpha value is -2.73. The van der Waals surface area contributed by atoms with Crippen molar-refractivity contribution in [3.63, 3.8) is 0 Å². The fourth-order valence-electron chi connectivity index (χ4n) is 4.97. The van der Waals surface area contributed by atoms with Crippen LogP contribution >= 0.6 is 11.6 Å². The minimum absolute atomic E-state index is 0.0667. The van der Waals surface area contributed by atoms with E-state index in [0.29, 0.717) is 48.8 Å². The molecule has 0 aliphatic carbocycles. The largest absolute Gasteiger partial charge is 0.496 e. The fraction of sp³-hybridized carbons (Fsp3) is 0.481. The van der Waals surface area contributed by atoms with Gasteiger partial charge in [-0.25, -0.2) is 0 Å². The second-order valence-electron chi connectivity index (χ2n) is 9.32. The van der Waals surface area contributed by atoms with Crippen LogP contribution in [0.4, 0.5) is 5.69 Å². The summed E-state index contributed by atoms with van der Waals surface area (Å²) in [4.78, 5) is 32.1. The van der Waals surface area contributed by atoms with E-state index in [4.69, 9.17) is 16.3 Å². The quantitative estimate of drug-likeness (QED) is 0.589. The number of piperidine rings is 2. The zero-order chi connectivity index (χ0) is 24.1. The van der Waals surface area contributed by atoms with Crippen molar-refractivity contribution in [3.05, 3.63) is 58.6 Å². The van der Waals surface area contributed by atoms with Gasteiger partial charge in [-0.15, -0.1) is 0 Å². The molecule has 2 aromatic rings. The van der Waals surface area contributed by atoms with Crippen molar-refractivity contribution in [2.24, 2.45) is 5.92 Å². The molecule has 0 bridgehead atoms. The van der Waals surface area contributed by atoms with Crippen molar-refractivity contribution < 1.29 is 14.3 Å². The number of ether oxygens (including phenoxy) is 1. The number of carbonyl (C=O) groups is 2. The van der Waals surface area contributed by atoms with Gasteiger partial charge < -0.3 is 19.4 Å². The van der Waals surface area contributed by atoms with Gasteiger partial charge in [0.2, 0.25) is 5.91 Å². The van der Waals surface area contributed by atoms with Crippen LogP contribution in [0.25, 0.3) is 0 Å². The summed E-state index contributed by atoms with van der Waals surface area (Å²) in [5.41, 5.74) is 2.87. The zero-order valence-corrected chi connectivity index (χ0v) is 20.9. The Balaban J connectivity index is 1.30. The Bertz CT molecular complexity index is 997. The summed E-state index contributed by atoms with van der Waals surface area (Å²) < 4.78 is 5.33. The van der Waals surface area contributed by atoms with Gasteiger partial charge in [-0.2, -0.15) is 0 Å². The van der Waals surface area contributed by atoms with E-state index in [9.17, 15) is 9.59 Å². The smallest absolute Gasteiger partial charge is 0.257 e. The Morgan fingerprint density at radius 1 is 1.00 bits per heavy atom. The van der Waals surface area contributed by atoms with Crippen molar-refractivity contribution in [3.8, 4) is 5.75 Å². The standard InChI is InChI=1S/C27H34ClN3O3/c1-29(19-20-6-9-23(10-7-20)30-14-4-3-5-15-30)26(32)21-12-16-31(17-13-21)27(33)24-18-22(28)8-11-25(24)34-2/h6-11,18,21H,3-5,12-17,19H2,1-2H3. The summed E-state index contributed by atoms with van der Waals surface area (Å²) in [6, 6.07) is 13.7. The van der Waals surface area contributed by atoms with Crippen LogP contribution in [0.5, 0.6) is 5.75 Å². The highest BCUT2D eigenvalue weighted by molar-refractivity contribution is 6.31. The third-order valence-corrected chi connectivity index (χ3v) is 7.21. The predicted octanol–water partition coefficient (Wildman–Crippen LogP) is 4.85. The number of benzene rings is 2. The van der Waals surface area contributed by atoms with Gasteiger partial charge in [0.05, 0.1) is 12.7 Å². The molecule has 0 aromatic heterocycles. The average Bonchev–Trinajstić information content (AvgIpc) is 2.89. The summed E-state index contributed by atoms with van der Waals surface area (Å²) in [5, 5.41) is 0.500. The van der Waals surface area contributed by atoms with Crippen LogP contribution in [-0.4, -0.2) is 62.0 Å². The first-order valence-electron chi connectivity index (χ1n) is 12.2. The summed E-state index contributed by atoms with van der Waals surface area (Å²) in [5.74, 6) is 0.488. The third-order valence-electron chi connectivity index (χ3n) is 6.98. The Morgan fingerprint density at radius 2 is 1.68 bits per heavy atom. The lowest BCUT2D eigenvalue weighted by Gasteiger charge is -2.33. The van der Waals surface area contributed by atoms with Crippen molar-refractivity contribution in [2.45, 2.75) is 38.6 Å². The molecule has 0 radical (unpaired) electrons. The van der Waals surface area contributed by atoms with Crippen LogP contribution in [0.1, 0.15) is 48.0 Å². The molecule has 2 saturated heterocycles. The number of halogens is 1. The number of amides is 2. The van der Waals surface area contributed by atoms with Crippen LogP contribution in [0.2, 0.25) is 5.02 Å². The van der Waals surface area contributed by atoms with E-state index in [1.165, 1.54) is 24.9 Å². The molecule has 7 heteroatoms. The highest BCUT2D eigenvalue weighted by Gasteiger charge is 2.30. The van der Waals surface area contributed by atoms with E-state index >= 15 is 0 Å². The first-order chi connectivity index (χ1) is 16.5. The second kappa shape index (κ2) is 11.1. The van der Waals surface area contributed by atoms with Crippen molar-refractivity contribution >= 4 is 29.1 Å². The molecule has 4 rings (SSSR count). The van der Waals surface area contributed by atoms with Crippen LogP contribution in [0.3, 0.4) is 0 Å². The molecular formula is C27H34ClN3O3. The fourth-order valence-corrected chi connectivity index (χ4v) is 5.15. The normalized spacial score (nSPS) is 16.9. The molecule has 182 valence electrons. The number of anilines is 1. The lowest BCUT2D eigenvalue weighted by atomic mass is 9.94. The number of nitrogens with zero attached hydrogens (tertiary/aromatic N) is 3. The van der Waals surface area contributed by atoms with Crippen molar-refractivity contribution in [1.29, 1.82) is 0 Å². The van der Waals surface area contributed by atoms with Gasteiger partial charge >= 0.3 is 0 Å². The molecular weight excluding hydrogens is 450 g/mol. The van der Waals surface area contributed by atoms with Crippen molar-refractivity contribution in [2.75, 3.05) is 45.2 Å². The van der Waals surface area contributed by atoms with E-state index in [1.807, 2.05) is 11.9 Å². The Labute approximate surface area is 207 Å². The summed E-state index contributed by atoms with van der Waals surface area (Å²) in [7, 11) is 3.41. The molecule has 2 amide bonds. The maximum Gasteiger partial charge on any atom is 0.257 e. The SMILES string of the molecule is COc1ccc(Cl)cc1C(=O)N1CCC(C(=O)N(C)Cc2ccc(N3CCCCC3)cc2)CC1. The average molecular weight is 484 g/mol. The second-order valence-corrected chi connectivity index (χ2v) is 9.76. The molecule has 0 atom stereocenters. The van der Waals surface area contributed by atoms with E-state index in [-0.39, 0.29) is 17.7 Å². The summed E-state index contributed by atoms with van der Waals surface area (Å²) in [6.07, 6.45) is 5.16. The maximum atomic E-state index is 13.1. The van der Waals surface area contributed by atoms with E-state index in [2.05, 4.69) is 29.2 Å². The highest BCUT2D eigenvalue weighted by Crippen LogP contribution is 2.27. The first-order valence-corrected chi connectivity index (χ1v) is 12.6. The molecule has 2 heterocycles.